The topological polar surface area (TPSA) is 48.0 Å². The Balaban J connectivity index is 1.40. The third-order valence-corrected chi connectivity index (χ3v) is 6.06. The average molecular weight is 393 g/mol. The monoisotopic (exact) mass is 393 g/mol. The summed E-state index contributed by atoms with van der Waals surface area (Å²) in [4.78, 5) is 16.0. The molecule has 2 aliphatic rings. The number of fused-ring (bicyclic) bond motifs is 1. The number of aryl methyl sites for hydroxylation is 1. The number of rotatable bonds is 5. The van der Waals surface area contributed by atoms with Gasteiger partial charge < -0.3 is 19.1 Å². The molecule has 3 heterocycles. The number of β-lactam (4-membered cyclic amide) rings is 1. The summed E-state index contributed by atoms with van der Waals surface area (Å²) in [7, 11) is 0. The highest BCUT2D eigenvalue weighted by molar-refractivity contribution is 7.10. The molecular formula is C22H19NO4S. The van der Waals surface area contributed by atoms with Crippen molar-refractivity contribution in [3.8, 4) is 17.2 Å². The van der Waals surface area contributed by atoms with Gasteiger partial charge in [0.15, 0.2) is 11.5 Å². The molecule has 3 aromatic rings. The van der Waals surface area contributed by atoms with Crippen molar-refractivity contribution in [1.29, 1.82) is 0 Å². The molecule has 0 radical (unpaired) electrons. The fourth-order valence-corrected chi connectivity index (χ4v) is 4.49. The Morgan fingerprint density at radius 1 is 1.11 bits per heavy atom. The molecule has 0 unspecified atom stereocenters. The van der Waals surface area contributed by atoms with Crippen LogP contribution in [0.5, 0.6) is 17.2 Å². The Morgan fingerprint density at radius 2 is 1.96 bits per heavy atom. The van der Waals surface area contributed by atoms with Crippen LogP contribution in [0.25, 0.3) is 0 Å². The molecule has 0 aliphatic carbocycles. The maximum atomic E-state index is 13.0. The standard InChI is InChI=1S/C22H19NO4S/c1-14-5-2-3-6-16(14)27-21-20(19-7-4-10-28-19)23(22(21)24)12-15-8-9-17-18(11-15)26-13-25-17/h2-11,20-21H,12-13H2,1H3/t20-,21-/m1/s1. The summed E-state index contributed by atoms with van der Waals surface area (Å²) in [6.07, 6.45) is -0.506. The molecule has 0 saturated carbocycles. The van der Waals surface area contributed by atoms with Gasteiger partial charge in [0, 0.05) is 11.4 Å². The van der Waals surface area contributed by atoms with Gasteiger partial charge in [-0.1, -0.05) is 30.3 Å². The van der Waals surface area contributed by atoms with Crippen LogP contribution in [0.3, 0.4) is 0 Å². The van der Waals surface area contributed by atoms with E-state index in [2.05, 4.69) is 6.07 Å². The molecule has 1 amide bonds. The van der Waals surface area contributed by atoms with Crippen LogP contribution in [-0.4, -0.2) is 23.7 Å². The van der Waals surface area contributed by atoms with Crippen LogP contribution in [0.4, 0.5) is 0 Å². The first-order chi connectivity index (χ1) is 13.7. The smallest absolute Gasteiger partial charge is 0.267 e. The molecule has 0 spiro atoms. The lowest BCUT2D eigenvalue weighted by molar-refractivity contribution is -0.165. The van der Waals surface area contributed by atoms with Crippen LogP contribution >= 0.6 is 11.3 Å². The van der Waals surface area contributed by atoms with Gasteiger partial charge in [0.05, 0.1) is 0 Å². The lowest BCUT2D eigenvalue weighted by Crippen LogP contribution is -2.60. The highest BCUT2D eigenvalue weighted by Gasteiger charge is 2.50. The first kappa shape index (κ1) is 17.1. The zero-order chi connectivity index (χ0) is 19.1. The van der Waals surface area contributed by atoms with E-state index in [-0.39, 0.29) is 18.7 Å². The highest BCUT2D eigenvalue weighted by Crippen LogP contribution is 2.42. The van der Waals surface area contributed by atoms with Crippen molar-refractivity contribution >= 4 is 17.2 Å². The summed E-state index contributed by atoms with van der Waals surface area (Å²) < 4.78 is 17.0. The number of hydrogen-bond donors (Lipinski definition) is 0. The summed E-state index contributed by atoms with van der Waals surface area (Å²) in [5.41, 5.74) is 2.03. The van der Waals surface area contributed by atoms with E-state index in [1.54, 1.807) is 11.3 Å². The molecule has 28 heavy (non-hydrogen) atoms. The maximum Gasteiger partial charge on any atom is 0.267 e. The predicted molar refractivity (Wildman–Crippen MR) is 106 cm³/mol. The first-order valence-corrected chi connectivity index (χ1v) is 10.0. The number of carbonyl (C=O) groups is 1. The van der Waals surface area contributed by atoms with Crippen molar-refractivity contribution in [3.63, 3.8) is 0 Å². The predicted octanol–water partition coefficient (Wildman–Crippen LogP) is 4.32. The summed E-state index contributed by atoms with van der Waals surface area (Å²) >= 11 is 1.64. The van der Waals surface area contributed by atoms with Crippen molar-refractivity contribution in [1.82, 2.24) is 4.90 Å². The van der Waals surface area contributed by atoms with Crippen molar-refractivity contribution in [3.05, 3.63) is 76.0 Å². The lowest BCUT2D eigenvalue weighted by atomic mass is 9.94. The zero-order valence-corrected chi connectivity index (χ0v) is 16.1. The number of para-hydroxylation sites is 1. The molecule has 2 aliphatic heterocycles. The Hall–Kier alpha value is -2.99. The number of nitrogens with zero attached hydrogens (tertiary/aromatic N) is 1. The largest absolute Gasteiger partial charge is 0.478 e. The van der Waals surface area contributed by atoms with Gasteiger partial charge in [0.1, 0.15) is 11.8 Å². The van der Waals surface area contributed by atoms with E-state index in [9.17, 15) is 4.79 Å². The molecule has 142 valence electrons. The third kappa shape index (κ3) is 2.90. The van der Waals surface area contributed by atoms with E-state index in [1.807, 2.05) is 65.7 Å². The van der Waals surface area contributed by atoms with Crippen molar-refractivity contribution in [2.75, 3.05) is 6.79 Å². The maximum absolute atomic E-state index is 13.0. The Labute approximate surface area is 167 Å². The molecule has 5 nitrogen and oxygen atoms in total. The van der Waals surface area contributed by atoms with E-state index in [4.69, 9.17) is 14.2 Å². The molecule has 2 aromatic carbocycles. The van der Waals surface area contributed by atoms with E-state index in [0.717, 1.165) is 33.3 Å². The fraction of sp³-hybridized carbons (Fsp3) is 0.227. The number of ether oxygens (including phenoxy) is 3. The van der Waals surface area contributed by atoms with Gasteiger partial charge in [-0.15, -0.1) is 11.3 Å². The van der Waals surface area contributed by atoms with Gasteiger partial charge in [-0.25, -0.2) is 0 Å². The summed E-state index contributed by atoms with van der Waals surface area (Å²) in [6.45, 7) is 2.74. The number of thiophene rings is 1. The lowest BCUT2D eigenvalue weighted by Gasteiger charge is -2.46. The van der Waals surface area contributed by atoms with Gasteiger partial charge in [-0.2, -0.15) is 0 Å². The summed E-state index contributed by atoms with van der Waals surface area (Å²) in [5.74, 6) is 2.23. The van der Waals surface area contributed by atoms with Gasteiger partial charge in [0.25, 0.3) is 5.91 Å². The van der Waals surface area contributed by atoms with E-state index in [1.165, 1.54) is 0 Å². The van der Waals surface area contributed by atoms with E-state index < -0.39 is 6.10 Å². The SMILES string of the molecule is Cc1ccccc1O[C@H]1C(=O)N(Cc2ccc3c(c2)OCO3)[C@@H]1c1cccs1. The Kier molecular flexibility index (Phi) is 4.20. The minimum Gasteiger partial charge on any atom is -0.478 e. The molecule has 0 bridgehead atoms. The van der Waals surface area contributed by atoms with Crippen LogP contribution in [0, 0.1) is 6.92 Å². The van der Waals surface area contributed by atoms with Crippen LogP contribution in [-0.2, 0) is 11.3 Å². The van der Waals surface area contributed by atoms with Crippen molar-refractivity contribution < 1.29 is 19.0 Å². The summed E-state index contributed by atoms with van der Waals surface area (Å²) in [5, 5.41) is 2.03. The molecule has 1 saturated heterocycles. The molecule has 0 N–H and O–H groups in total. The highest BCUT2D eigenvalue weighted by atomic mass is 32.1. The average Bonchev–Trinajstić information content (AvgIpc) is 3.39. The van der Waals surface area contributed by atoms with Gasteiger partial charge in [0.2, 0.25) is 12.9 Å². The molecule has 5 rings (SSSR count). The number of benzene rings is 2. The van der Waals surface area contributed by atoms with Crippen molar-refractivity contribution in [2.45, 2.75) is 25.6 Å². The number of hydrogen-bond acceptors (Lipinski definition) is 5. The van der Waals surface area contributed by atoms with E-state index in [0.29, 0.717) is 6.54 Å². The first-order valence-electron chi connectivity index (χ1n) is 9.15. The molecule has 6 heteroatoms. The summed E-state index contributed by atoms with van der Waals surface area (Å²) in [6, 6.07) is 17.6. The van der Waals surface area contributed by atoms with E-state index >= 15 is 0 Å². The second-order valence-corrected chi connectivity index (χ2v) is 7.90. The molecule has 1 fully saturated rings. The minimum absolute atomic E-state index is 0.000630. The van der Waals surface area contributed by atoms with Crippen LogP contribution in [0.15, 0.2) is 60.0 Å². The Bertz CT molecular complexity index is 1020. The quantitative estimate of drug-likeness (QED) is 0.606. The number of carbonyl (C=O) groups excluding carboxylic acids is 1. The second kappa shape index (κ2) is 6.87. The number of amides is 1. The van der Waals surface area contributed by atoms with Crippen molar-refractivity contribution in [2.24, 2.45) is 0 Å². The minimum atomic E-state index is -0.506. The third-order valence-electron chi connectivity index (χ3n) is 5.12. The van der Waals surface area contributed by atoms with Crippen LogP contribution in [0.2, 0.25) is 0 Å². The molecule has 1 aromatic heterocycles. The van der Waals surface area contributed by atoms with Crippen LogP contribution in [0.1, 0.15) is 22.0 Å². The Morgan fingerprint density at radius 3 is 2.79 bits per heavy atom. The number of likely N-dealkylation sites (tertiary alicyclic amines) is 1. The van der Waals surface area contributed by atoms with Gasteiger partial charge in [-0.3, -0.25) is 4.79 Å². The second-order valence-electron chi connectivity index (χ2n) is 6.92. The van der Waals surface area contributed by atoms with Gasteiger partial charge >= 0.3 is 0 Å². The fourth-order valence-electron chi connectivity index (χ4n) is 3.63. The molecular weight excluding hydrogens is 374 g/mol. The van der Waals surface area contributed by atoms with Crippen LogP contribution < -0.4 is 14.2 Å². The zero-order valence-electron chi connectivity index (χ0n) is 15.3. The van der Waals surface area contributed by atoms with Gasteiger partial charge in [-0.05, 0) is 47.7 Å². The normalized spacial score (nSPS) is 20.2. The molecule has 2 atom stereocenters.